The van der Waals surface area contributed by atoms with Crippen molar-refractivity contribution < 1.29 is 13.9 Å². The Balaban J connectivity index is 2.49. The van der Waals surface area contributed by atoms with Crippen molar-refractivity contribution in [1.29, 1.82) is 0 Å². The van der Waals surface area contributed by atoms with E-state index in [0.717, 1.165) is 0 Å². The Bertz CT molecular complexity index is 408. The number of rotatable bonds is 1. The van der Waals surface area contributed by atoms with Crippen LogP contribution in [-0.2, 0) is 4.74 Å². The zero-order valence-corrected chi connectivity index (χ0v) is 7.53. The first-order valence-corrected chi connectivity index (χ1v) is 4.01. The van der Waals surface area contributed by atoms with Gasteiger partial charge in [-0.25, -0.2) is 9.79 Å². The zero-order chi connectivity index (χ0) is 10.1. The van der Waals surface area contributed by atoms with E-state index in [2.05, 4.69) is 15.0 Å². The second-order valence-electron chi connectivity index (χ2n) is 2.71. The fourth-order valence-corrected chi connectivity index (χ4v) is 1.21. The van der Waals surface area contributed by atoms with E-state index in [1.165, 1.54) is 7.11 Å². The van der Waals surface area contributed by atoms with Crippen molar-refractivity contribution in [1.82, 2.24) is 0 Å². The number of nitrogens with two attached hydrogens (primary N) is 1. The number of anilines is 2. The van der Waals surface area contributed by atoms with E-state index < -0.39 is 5.97 Å². The molecule has 0 spiro atoms. The van der Waals surface area contributed by atoms with Gasteiger partial charge in [-0.2, -0.15) is 0 Å². The highest BCUT2D eigenvalue weighted by Gasteiger charge is 2.24. The summed E-state index contributed by atoms with van der Waals surface area (Å²) in [6.07, 6.45) is 1.63. The highest BCUT2D eigenvalue weighted by Crippen LogP contribution is 2.38. The van der Waals surface area contributed by atoms with Gasteiger partial charge in [-0.3, -0.25) is 0 Å². The highest BCUT2D eigenvalue weighted by molar-refractivity contribution is 5.99. The monoisotopic (exact) mass is 195 g/mol. The molecule has 0 atom stereocenters. The lowest BCUT2D eigenvalue weighted by Crippen LogP contribution is -2.08. The normalized spacial score (nSPS) is 13.2. The highest BCUT2D eigenvalue weighted by atomic mass is 16.5. The predicted molar refractivity (Wildman–Crippen MR) is 51.1 cm³/mol. The SMILES string of the molecule is COC(=O)c1oc2c(c1N)NCC=N2. The molecule has 6 nitrogen and oxygen atoms in total. The molecule has 1 aliphatic heterocycles. The number of nitrogen functional groups attached to an aromatic ring is 1. The molecule has 1 aromatic rings. The Hall–Kier alpha value is -1.98. The largest absolute Gasteiger partial charge is 0.463 e. The van der Waals surface area contributed by atoms with Gasteiger partial charge in [0.05, 0.1) is 13.7 Å². The third kappa shape index (κ3) is 1.12. The van der Waals surface area contributed by atoms with Crippen molar-refractivity contribution in [3.05, 3.63) is 5.76 Å². The van der Waals surface area contributed by atoms with Gasteiger partial charge in [-0.15, -0.1) is 0 Å². The minimum absolute atomic E-state index is 0.0101. The summed E-state index contributed by atoms with van der Waals surface area (Å²) >= 11 is 0. The van der Waals surface area contributed by atoms with Crippen LogP contribution in [0.2, 0.25) is 0 Å². The summed E-state index contributed by atoms with van der Waals surface area (Å²) in [4.78, 5) is 15.1. The molecule has 6 heteroatoms. The number of hydrogen-bond donors (Lipinski definition) is 2. The molecule has 0 saturated carbocycles. The number of aliphatic imine (C=N–C) groups is 1. The lowest BCUT2D eigenvalue weighted by atomic mass is 10.3. The average Bonchev–Trinajstić information content (AvgIpc) is 2.56. The van der Waals surface area contributed by atoms with E-state index in [-0.39, 0.29) is 11.4 Å². The molecule has 0 aromatic carbocycles. The summed E-state index contributed by atoms with van der Waals surface area (Å²) in [6, 6.07) is 0. The molecule has 74 valence electrons. The van der Waals surface area contributed by atoms with Crippen LogP contribution < -0.4 is 11.1 Å². The Labute approximate surface area is 79.7 Å². The molecule has 0 bridgehead atoms. The Morgan fingerprint density at radius 1 is 1.79 bits per heavy atom. The van der Waals surface area contributed by atoms with Crippen LogP contribution in [0.3, 0.4) is 0 Å². The van der Waals surface area contributed by atoms with Crippen LogP contribution in [0.5, 0.6) is 0 Å². The molecule has 0 fully saturated rings. The van der Waals surface area contributed by atoms with Crippen LogP contribution in [0.25, 0.3) is 0 Å². The number of furan rings is 1. The number of nitrogens with zero attached hydrogens (tertiary/aromatic N) is 1. The number of fused-ring (bicyclic) bond motifs is 1. The van der Waals surface area contributed by atoms with Gasteiger partial charge in [0.15, 0.2) is 0 Å². The summed E-state index contributed by atoms with van der Waals surface area (Å²) < 4.78 is 9.63. The van der Waals surface area contributed by atoms with Gasteiger partial charge in [0, 0.05) is 6.21 Å². The second kappa shape index (κ2) is 3.06. The summed E-state index contributed by atoms with van der Waals surface area (Å²) in [7, 11) is 1.26. The number of ether oxygens (including phenoxy) is 1. The average molecular weight is 195 g/mol. The van der Waals surface area contributed by atoms with Crippen molar-refractivity contribution in [3.8, 4) is 0 Å². The quantitative estimate of drug-likeness (QED) is 0.646. The zero-order valence-electron chi connectivity index (χ0n) is 7.53. The summed E-state index contributed by atoms with van der Waals surface area (Å²) in [5.41, 5.74) is 6.46. The Morgan fingerprint density at radius 3 is 3.21 bits per heavy atom. The van der Waals surface area contributed by atoms with Gasteiger partial charge in [0.25, 0.3) is 0 Å². The van der Waals surface area contributed by atoms with Crippen molar-refractivity contribution in [3.63, 3.8) is 0 Å². The van der Waals surface area contributed by atoms with Gasteiger partial charge in [0.1, 0.15) is 11.4 Å². The van der Waals surface area contributed by atoms with E-state index in [1.54, 1.807) is 6.21 Å². The van der Waals surface area contributed by atoms with E-state index in [1.807, 2.05) is 0 Å². The van der Waals surface area contributed by atoms with Gasteiger partial charge in [-0.1, -0.05) is 0 Å². The number of esters is 1. The molecule has 0 aliphatic carbocycles. The number of hydrogen-bond acceptors (Lipinski definition) is 6. The first-order chi connectivity index (χ1) is 6.74. The van der Waals surface area contributed by atoms with Crippen molar-refractivity contribution in [2.45, 2.75) is 0 Å². The van der Waals surface area contributed by atoms with E-state index >= 15 is 0 Å². The lowest BCUT2D eigenvalue weighted by molar-refractivity contribution is 0.0567. The number of carbonyl (C=O) groups is 1. The molecule has 2 rings (SSSR count). The maximum absolute atomic E-state index is 11.2. The topological polar surface area (TPSA) is 89.8 Å². The standard InChI is InChI=1S/C8H9N3O3/c1-13-8(12)6-4(9)5-7(14-6)11-3-2-10-5/h3,10H,2,9H2,1H3. The van der Waals surface area contributed by atoms with Gasteiger partial charge in [-0.05, 0) is 0 Å². The molecule has 1 aliphatic rings. The first-order valence-electron chi connectivity index (χ1n) is 4.01. The molecule has 3 N–H and O–H groups in total. The smallest absolute Gasteiger partial charge is 0.376 e. The molecule has 1 aromatic heterocycles. The molecule has 0 saturated heterocycles. The van der Waals surface area contributed by atoms with Gasteiger partial charge >= 0.3 is 5.97 Å². The lowest BCUT2D eigenvalue weighted by Gasteiger charge is -2.05. The van der Waals surface area contributed by atoms with Crippen LogP contribution >= 0.6 is 0 Å². The molecular formula is C8H9N3O3. The van der Waals surface area contributed by atoms with Gasteiger partial charge < -0.3 is 20.2 Å². The summed E-state index contributed by atoms with van der Waals surface area (Å²) in [6.45, 7) is 0.567. The Kier molecular flexibility index (Phi) is 1.88. The van der Waals surface area contributed by atoms with Crippen LogP contribution in [0.15, 0.2) is 9.41 Å². The van der Waals surface area contributed by atoms with Crippen molar-refractivity contribution in [2.24, 2.45) is 4.99 Å². The van der Waals surface area contributed by atoms with Gasteiger partial charge in [0.2, 0.25) is 11.6 Å². The molecule has 2 heterocycles. The number of nitrogens with one attached hydrogen (secondary N) is 1. The van der Waals surface area contributed by atoms with E-state index in [4.69, 9.17) is 10.2 Å². The maximum Gasteiger partial charge on any atom is 0.376 e. The van der Waals surface area contributed by atoms with E-state index in [9.17, 15) is 4.79 Å². The second-order valence-corrected chi connectivity index (χ2v) is 2.71. The first kappa shape index (κ1) is 8.61. The third-order valence-electron chi connectivity index (χ3n) is 1.88. The minimum atomic E-state index is -0.603. The maximum atomic E-state index is 11.2. The number of carbonyl (C=O) groups excluding carboxylic acids is 1. The fraction of sp³-hybridized carbons (Fsp3) is 0.250. The molecule has 0 unspecified atom stereocenters. The molecule has 0 radical (unpaired) electrons. The number of methoxy groups -OCH3 is 1. The molecule has 0 amide bonds. The summed E-state index contributed by atoms with van der Waals surface area (Å²) in [5.74, 6) is -0.299. The van der Waals surface area contributed by atoms with Crippen LogP contribution in [-0.4, -0.2) is 25.8 Å². The van der Waals surface area contributed by atoms with Crippen LogP contribution in [0.4, 0.5) is 17.3 Å². The fourth-order valence-electron chi connectivity index (χ4n) is 1.21. The molecule has 14 heavy (non-hydrogen) atoms. The predicted octanol–water partition coefficient (Wildman–Crippen LogP) is 0.776. The minimum Gasteiger partial charge on any atom is -0.463 e. The van der Waals surface area contributed by atoms with Crippen molar-refractivity contribution >= 4 is 29.4 Å². The third-order valence-corrected chi connectivity index (χ3v) is 1.88. The van der Waals surface area contributed by atoms with Crippen molar-refractivity contribution in [2.75, 3.05) is 24.7 Å². The van der Waals surface area contributed by atoms with Crippen LogP contribution in [0.1, 0.15) is 10.6 Å². The molecular weight excluding hydrogens is 186 g/mol. The van der Waals surface area contributed by atoms with Crippen LogP contribution in [0, 0.1) is 0 Å². The summed E-state index contributed by atoms with van der Waals surface area (Å²) in [5, 5.41) is 2.95. The van der Waals surface area contributed by atoms with E-state index in [0.29, 0.717) is 18.1 Å². The Morgan fingerprint density at radius 2 is 2.57 bits per heavy atom.